The summed E-state index contributed by atoms with van der Waals surface area (Å²) in [5, 5.41) is 12.1. The van der Waals surface area contributed by atoms with E-state index in [0.29, 0.717) is 0 Å². The Kier molecular flexibility index (Phi) is 2.66. The van der Waals surface area contributed by atoms with Crippen LogP contribution in [-0.4, -0.2) is 12.0 Å². The predicted octanol–water partition coefficient (Wildman–Crippen LogP) is 0.0286. The van der Waals surface area contributed by atoms with Crippen LogP contribution in [0.1, 0.15) is 0 Å². The number of carbonyl (C=O) groups is 1. The molecule has 4 heteroatoms. The Balaban J connectivity index is 2.83. The molecule has 0 N–H and O–H groups in total. The zero-order valence-corrected chi connectivity index (χ0v) is 3.81. The van der Waals surface area contributed by atoms with E-state index in [1.54, 1.807) is 0 Å². The fraction of sp³-hybridized carbons (Fsp3) is 0.500. The lowest BCUT2D eigenvalue weighted by Crippen LogP contribution is -2.07. The topological polar surface area (TPSA) is 51.1 Å². The third-order valence-electron chi connectivity index (χ3n) is 0.200. The highest BCUT2D eigenvalue weighted by molar-refractivity contribution is 7.80. The molecule has 3 nitrogen and oxygen atoms in total. The van der Waals surface area contributed by atoms with Crippen LogP contribution in [0.5, 0.6) is 0 Å². The molecular weight excluding hydrogens is 102 g/mol. The zero-order valence-electron chi connectivity index (χ0n) is 2.92. The van der Waals surface area contributed by atoms with Gasteiger partial charge in [0.2, 0.25) is 0 Å². The number of hydrogen-bond donors (Lipinski definition) is 1. The van der Waals surface area contributed by atoms with Gasteiger partial charge in [-0.2, -0.15) is 17.9 Å². The molecule has 34 valence electrons. The average molecular weight is 105 g/mol. The van der Waals surface area contributed by atoms with E-state index in [4.69, 9.17) is 0 Å². The molecule has 0 atom stereocenters. The van der Waals surface area contributed by atoms with Crippen LogP contribution in [0, 0.1) is 0 Å². The van der Waals surface area contributed by atoms with Crippen LogP contribution in [0.2, 0.25) is 0 Å². The van der Waals surface area contributed by atoms with Gasteiger partial charge in [-0.05, 0) is 0 Å². The predicted molar refractivity (Wildman–Crippen MR) is 22.1 cm³/mol. The summed E-state index contributed by atoms with van der Waals surface area (Å²) in [5.74, 6) is -0.0116. The molecule has 0 aliphatic heterocycles. The normalized spacial score (nSPS) is 7.50. The van der Waals surface area contributed by atoms with Crippen molar-refractivity contribution in [2.75, 3.05) is 5.88 Å². The standard InChI is InChI=1S/C2H3NO2S/c4-2(5)3-1-6/h6H,1H2. The van der Waals surface area contributed by atoms with Crippen molar-refractivity contribution in [3.8, 4) is 0 Å². The summed E-state index contributed by atoms with van der Waals surface area (Å²) in [7, 11) is 0. The van der Waals surface area contributed by atoms with Gasteiger partial charge in [-0.25, -0.2) is 9.90 Å². The second-order valence-electron chi connectivity index (χ2n) is 0.565. The second kappa shape index (κ2) is 2.84. The Hall–Kier alpha value is -0.380. The van der Waals surface area contributed by atoms with Crippen molar-refractivity contribution in [2.45, 2.75) is 0 Å². The lowest BCUT2D eigenvalue weighted by atomic mass is 11.1. The highest BCUT2D eigenvalue weighted by atomic mass is 32.1. The molecule has 0 saturated carbocycles. The van der Waals surface area contributed by atoms with E-state index >= 15 is 0 Å². The highest BCUT2D eigenvalue weighted by Gasteiger charge is 1.91. The van der Waals surface area contributed by atoms with Gasteiger partial charge < -0.3 is 0 Å². The fourth-order valence-electron chi connectivity index (χ4n) is 0.0577. The van der Waals surface area contributed by atoms with E-state index in [0.717, 1.165) is 0 Å². The number of thiol groups is 1. The van der Waals surface area contributed by atoms with E-state index in [1.807, 2.05) is 0 Å². The Labute approximate surface area is 40.8 Å². The maximum absolute atomic E-state index is 9.27. The second-order valence-corrected chi connectivity index (χ2v) is 0.848. The molecule has 0 aromatic rings. The quantitative estimate of drug-likeness (QED) is 0.470. The highest BCUT2D eigenvalue weighted by Crippen LogP contribution is 1.67. The van der Waals surface area contributed by atoms with Gasteiger partial charge in [0.25, 0.3) is 0 Å². The summed E-state index contributed by atoms with van der Waals surface area (Å²) in [6.45, 7) is 0. The molecule has 0 fully saturated rings. The Morgan fingerprint density at radius 3 is 2.33 bits per heavy atom. The minimum absolute atomic E-state index is 0.0116. The molecule has 0 saturated heterocycles. The van der Waals surface area contributed by atoms with E-state index in [9.17, 15) is 9.90 Å². The average Bonchev–Trinajstić information content (AvgIpc) is 1.35. The largest absolute Gasteiger partial charge is 0.472 e. The van der Waals surface area contributed by atoms with Crippen molar-refractivity contribution in [3.63, 3.8) is 0 Å². The minimum Gasteiger partial charge on any atom is -0.218 e. The van der Waals surface area contributed by atoms with E-state index < -0.39 is 6.09 Å². The maximum atomic E-state index is 9.27. The fourth-order valence-corrected chi connectivity index (χ4v) is 0.173. The lowest BCUT2D eigenvalue weighted by molar-refractivity contribution is 0.169. The minimum atomic E-state index is -1.41. The Bertz CT molecular complexity index is 55.5. The zero-order chi connectivity index (χ0) is 4.99. The van der Waals surface area contributed by atoms with Crippen LogP contribution in [0.3, 0.4) is 0 Å². The van der Waals surface area contributed by atoms with E-state index in [1.165, 1.54) is 0 Å². The number of nitrogens with zero attached hydrogens (tertiary/aromatic N) is 1. The molecule has 0 bridgehead atoms. The van der Waals surface area contributed by atoms with E-state index in [-0.39, 0.29) is 5.88 Å². The van der Waals surface area contributed by atoms with Crippen LogP contribution in [0.15, 0.2) is 0 Å². The smallest absolute Gasteiger partial charge is 0.218 e. The molecule has 0 aliphatic rings. The molecule has 0 spiro atoms. The van der Waals surface area contributed by atoms with Crippen molar-refractivity contribution >= 4 is 18.7 Å². The van der Waals surface area contributed by atoms with Crippen LogP contribution in [-0.2, 0) is 5.11 Å². The lowest BCUT2D eigenvalue weighted by Gasteiger charge is -1.78. The van der Waals surface area contributed by atoms with Crippen molar-refractivity contribution in [3.05, 3.63) is 0 Å². The van der Waals surface area contributed by atoms with Crippen molar-refractivity contribution in [2.24, 2.45) is 0 Å². The summed E-state index contributed by atoms with van der Waals surface area (Å²) in [6, 6.07) is 0. The Morgan fingerprint density at radius 1 is 1.83 bits per heavy atom. The number of hydrogen-bond acceptors (Lipinski definition) is 2. The van der Waals surface area contributed by atoms with Crippen molar-refractivity contribution in [1.29, 1.82) is 0 Å². The van der Waals surface area contributed by atoms with Gasteiger partial charge >= 0.3 is 6.09 Å². The molecule has 0 heterocycles. The van der Waals surface area contributed by atoms with Crippen LogP contribution in [0.4, 0.5) is 4.79 Å². The molecule has 6 heavy (non-hydrogen) atoms. The van der Waals surface area contributed by atoms with Gasteiger partial charge in [-0.1, -0.05) is 0 Å². The molecule has 0 aromatic heterocycles. The number of rotatable bonds is 1. The monoisotopic (exact) mass is 105 g/mol. The third-order valence-corrected chi connectivity index (χ3v) is 0.341. The molecule has 0 aliphatic carbocycles. The summed E-state index contributed by atoms with van der Waals surface area (Å²) in [6.07, 6.45) is -1.41. The first kappa shape index (κ1) is 5.62. The van der Waals surface area contributed by atoms with Gasteiger partial charge in [0.15, 0.2) is 0 Å². The van der Waals surface area contributed by atoms with Gasteiger partial charge in [0, 0.05) is 0 Å². The number of amides is 1. The first-order valence-electron chi connectivity index (χ1n) is 1.26. The first-order valence-corrected chi connectivity index (χ1v) is 1.90. The molecule has 1 amide bonds. The SMILES string of the molecule is [O]C(=O)[N]CS. The summed E-state index contributed by atoms with van der Waals surface area (Å²) in [4.78, 5) is 9.27. The van der Waals surface area contributed by atoms with Gasteiger partial charge in [-0.15, -0.1) is 0 Å². The van der Waals surface area contributed by atoms with Gasteiger partial charge in [0.1, 0.15) is 0 Å². The molecule has 0 aromatic carbocycles. The summed E-state index contributed by atoms with van der Waals surface area (Å²) >= 11 is 3.47. The molecular formula is C2H3NO2S. The van der Waals surface area contributed by atoms with Crippen LogP contribution in [0.25, 0.3) is 0 Å². The molecule has 0 rings (SSSR count). The maximum Gasteiger partial charge on any atom is 0.472 e. The van der Waals surface area contributed by atoms with E-state index in [2.05, 4.69) is 17.9 Å². The van der Waals surface area contributed by atoms with Crippen LogP contribution >= 0.6 is 12.6 Å². The molecule has 0 unspecified atom stereocenters. The van der Waals surface area contributed by atoms with Crippen molar-refractivity contribution < 1.29 is 9.90 Å². The van der Waals surface area contributed by atoms with Gasteiger partial charge in [-0.3, -0.25) is 0 Å². The first-order chi connectivity index (χ1) is 2.77. The third kappa shape index (κ3) is 3.62. The van der Waals surface area contributed by atoms with Gasteiger partial charge in [0.05, 0.1) is 5.88 Å². The molecule has 2 radical (unpaired) electrons. The van der Waals surface area contributed by atoms with Crippen LogP contribution < -0.4 is 5.32 Å². The number of carbonyl (C=O) groups excluding carboxylic acids is 1. The summed E-state index contributed by atoms with van der Waals surface area (Å²) in [5.41, 5.74) is 0. The van der Waals surface area contributed by atoms with Crippen molar-refractivity contribution in [1.82, 2.24) is 5.32 Å². The Morgan fingerprint density at radius 2 is 2.33 bits per heavy atom. The summed E-state index contributed by atoms with van der Waals surface area (Å²) < 4.78 is 0.